The van der Waals surface area contributed by atoms with Gasteiger partial charge in [0.15, 0.2) is 0 Å². The molecule has 0 aliphatic heterocycles. The van der Waals surface area contributed by atoms with Crippen LogP contribution in [-0.4, -0.2) is 47.5 Å². The molecule has 0 aliphatic rings. The lowest BCUT2D eigenvalue weighted by Crippen LogP contribution is -2.30. The van der Waals surface area contributed by atoms with Crippen LogP contribution < -0.4 is 10.0 Å². The van der Waals surface area contributed by atoms with E-state index in [1.54, 1.807) is 0 Å². The van der Waals surface area contributed by atoms with E-state index >= 15 is 0 Å². The predicted molar refractivity (Wildman–Crippen MR) is 70.6 cm³/mol. The minimum absolute atomic E-state index is 0.167. The van der Waals surface area contributed by atoms with Crippen LogP contribution >= 0.6 is 0 Å². The van der Waals surface area contributed by atoms with Crippen molar-refractivity contribution in [1.82, 2.24) is 10.0 Å². The summed E-state index contributed by atoms with van der Waals surface area (Å²) >= 11 is 0. The van der Waals surface area contributed by atoms with Crippen molar-refractivity contribution in [2.75, 3.05) is 39.1 Å². The standard InChI is InChI=1S/C11H26N2O3S/c1-11(2)5-8-16-9-7-13-17(14,15)10-4-6-12-3/h11-13H,4-10H2,1-3H3. The fourth-order valence-corrected chi connectivity index (χ4v) is 2.26. The number of hydrogen-bond donors (Lipinski definition) is 2. The summed E-state index contributed by atoms with van der Waals surface area (Å²) in [5.74, 6) is 0.785. The fourth-order valence-electron chi connectivity index (χ4n) is 1.20. The molecule has 2 N–H and O–H groups in total. The Kier molecular flexibility index (Phi) is 9.72. The highest BCUT2D eigenvalue weighted by atomic mass is 32.2. The maximum atomic E-state index is 11.5. The Bertz CT molecular complexity index is 266. The van der Waals surface area contributed by atoms with Gasteiger partial charge in [-0.25, -0.2) is 13.1 Å². The van der Waals surface area contributed by atoms with E-state index in [4.69, 9.17) is 4.74 Å². The SMILES string of the molecule is CNCCCS(=O)(=O)NCCOCCC(C)C. The molecule has 0 bridgehead atoms. The van der Waals surface area contributed by atoms with Gasteiger partial charge in [-0.15, -0.1) is 0 Å². The molecule has 0 spiro atoms. The molecule has 0 aromatic heterocycles. The van der Waals surface area contributed by atoms with Crippen LogP contribution in [0.3, 0.4) is 0 Å². The summed E-state index contributed by atoms with van der Waals surface area (Å²) < 4.78 is 30.8. The smallest absolute Gasteiger partial charge is 0.211 e. The van der Waals surface area contributed by atoms with Crippen LogP contribution in [0.15, 0.2) is 0 Å². The number of rotatable bonds is 11. The molecular weight excluding hydrogens is 240 g/mol. The third kappa shape index (κ3) is 12.1. The first-order valence-corrected chi connectivity index (χ1v) is 7.83. The maximum Gasteiger partial charge on any atom is 0.211 e. The predicted octanol–water partition coefficient (Wildman–Crippen LogP) is 0.578. The van der Waals surface area contributed by atoms with E-state index in [1.165, 1.54) is 0 Å². The molecule has 0 saturated carbocycles. The molecule has 0 rings (SSSR count). The average molecular weight is 266 g/mol. The number of nitrogens with one attached hydrogen (secondary N) is 2. The van der Waals surface area contributed by atoms with Crippen molar-refractivity contribution in [3.05, 3.63) is 0 Å². The van der Waals surface area contributed by atoms with Gasteiger partial charge in [0.05, 0.1) is 12.4 Å². The van der Waals surface area contributed by atoms with Crippen molar-refractivity contribution >= 4 is 10.0 Å². The van der Waals surface area contributed by atoms with Gasteiger partial charge in [0, 0.05) is 13.2 Å². The summed E-state index contributed by atoms with van der Waals surface area (Å²) in [7, 11) is -1.32. The first-order valence-electron chi connectivity index (χ1n) is 6.17. The molecule has 17 heavy (non-hydrogen) atoms. The highest BCUT2D eigenvalue weighted by Crippen LogP contribution is 1.98. The topological polar surface area (TPSA) is 67.4 Å². The lowest BCUT2D eigenvalue weighted by Gasteiger charge is -2.08. The Morgan fingerprint density at radius 1 is 1.18 bits per heavy atom. The Balaban J connectivity index is 3.46. The van der Waals surface area contributed by atoms with Gasteiger partial charge in [0.1, 0.15) is 0 Å². The molecular formula is C11H26N2O3S. The number of sulfonamides is 1. The van der Waals surface area contributed by atoms with Crippen LogP contribution in [0.5, 0.6) is 0 Å². The summed E-state index contributed by atoms with van der Waals surface area (Å²) in [5, 5.41) is 2.92. The van der Waals surface area contributed by atoms with Crippen molar-refractivity contribution in [2.45, 2.75) is 26.7 Å². The van der Waals surface area contributed by atoms with Crippen LogP contribution in [0.25, 0.3) is 0 Å². The quantitative estimate of drug-likeness (QED) is 0.537. The second kappa shape index (κ2) is 9.82. The second-order valence-corrected chi connectivity index (χ2v) is 6.39. The largest absolute Gasteiger partial charge is 0.380 e. The van der Waals surface area contributed by atoms with E-state index in [2.05, 4.69) is 23.9 Å². The van der Waals surface area contributed by atoms with Gasteiger partial charge in [-0.05, 0) is 32.4 Å². The van der Waals surface area contributed by atoms with Gasteiger partial charge in [0.25, 0.3) is 0 Å². The summed E-state index contributed by atoms with van der Waals surface area (Å²) in [5.41, 5.74) is 0. The van der Waals surface area contributed by atoms with Crippen molar-refractivity contribution in [3.63, 3.8) is 0 Å². The lowest BCUT2D eigenvalue weighted by atomic mass is 10.1. The van der Waals surface area contributed by atoms with Crippen molar-refractivity contribution < 1.29 is 13.2 Å². The van der Waals surface area contributed by atoms with E-state index in [-0.39, 0.29) is 5.75 Å². The molecule has 0 unspecified atom stereocenters. The summed E-state index contributed by atoms with van der Waals surface area (Å²) in [6.45, 7) is 6.48. The number of ether oxygens (including phenoxy) is 1. The van der Waals surface area contributed by atoms with Gasteiger partial charge in [-0.2, -0.15) is 0 Å². The minimum Gasteiger partial charge on any atom is -0.380 e. The zero-order valence-corrected chi connectivity index (χ0v) is 12.0. The number of hydrogen-bond acceptors (Lipinski definition) is 4. The van der Waals surface area contributed by atoms with E-state index in [0.717, 1.165) is 6.42 Å². The maximum absolute atomic E-state index is 11.5. The van der Waals surface area contributed by atoms with E-state index in [1.807, 2.05) is 7.05 Å². The molecule has 104 valence electrons. The van der Waals surface area contributed by atoms with E-state index in [0.29, 0.717) is 38.6 Å². The van der Waals surface area contributed by atoms with E-state index < -0.39 is 10.0 Å². The van der Waals surface area contributed by atoms with Gasteiger partial charge >= 0.3 is 0 Å². The second-order valence-electron chi connectivity index (χ2n) is 4.47. The van der Waals surface area contributed by atoms with Crippen molar-refractivity contribution in [1.29, 1.82) is 0 Å². The van der Waals surface area contributed by atoms with Crippen LogP contribution in [0.2, 0.25) is 0 Å². The molecule has 0 amide bonds. The molecule has 0 aliphatic carbocycles. The third-order valence-electron chi connectivity index (χ3n) is 2.25. The molecule has 0 aromatic rings. The monoisotopic (exact) mass is 266 g/mol. The Morgan fingerprint density at radius 2 is 1.88 bits per heavy atom. The van der Waals surface area contributed by atoms with Crippen molar-refractivity contribution in [3.8, 4) is 0 Å². The zero-order valence-electron chi connectivity index (χ0n) is 11.2. The lowest BCUT2D eigenvalue weighted by molar-refractivity contribution is 0.128. The highest BCUT2D eigenvalue weighted by molar-refractivity contribution is 7.89. The van der Waals surface area contributed by atoms with Gasteiger partial charge in [-0.1, -0.05) is 13.8 Å². The van der Waals surface area contributed by atoms with Gasteiger partial charge in [-0.3, -0.25) is 0 Å². The fraction of sp³-hybridized carbons (Fsp3) is 1.00. The molecule has 0 fully saturated rings. The summed E-state index contributed by atoms with van der Waals surface area (Å²) in [6, 6.07) is 0. The van der Waals surface area contributed by atoms with Gasteiger partial charge < -0.3 is 10.1 Å². The Hall–Kier alpha value is -0.170. The van der Waals surface area contributed by atoms with Gasteiger partial charge in [0.2, 0.25) is 10.0 Å². The zero-order chi connectivity index (χ0) is 13.1. The Labute approximate surface area is 105 Å². The van der Waals surface area contributed by atoms with Crippen LogP contribution in [0, 0.1) is 5.92 Å². The summed E-state index contributed by atoms with van der Waals surface area (Å²) in [6.07, 6.45) is 1.63. The minimum atomic E-state index is -3.13. The molecule has 6 heteroatoms. The van der Waals surface area contributed by atoms with E-state index in [9.17, 15) is 8.42 Å². The molecule has 0 aromatic carbocycles. The molecule has 0 saturated heterocycles. The van der Waals surface area contributed by atoms with Crippen LogP contribution in [0.1, 0.15) is 26.7 Å². The van der Waals surface area contributed by atoms with Crippen LogP contribution in [0.4, 0.5) is 0 Å². The first kappa shape index (κ1) is 16.8. The Morgan fingerprint density at radius 3 is 2.47 bits per heavy atom. The first-order chi connectivity index (χ1) is 7.98. The van der Waals surface area contributed by atoms with Crippen LogP contribution in [-0.2, 0) is 14.8 Å². The third-order valence-corrected chi connectivity index (χ3v) is 3.72. The summed E-state index contributed by atoms with van der Waals surface area (Å²) in [4.78, 5) is 0. The normalized spacial score (nSPS) is 12.2. The molecule has 0 atom stereocenters. The molecule has 5 nitrogen and oxygen atoms in total. The molecule has 0 heterocycles. The average Bonchev–Trinajstić information content (AvgIpc) is 2.23. The molecule has 0 radical (unpaired) electrons. The van der Waals surface area contributed by atoms with Crippen molar-refractivity contribution in [2.24, 2.45) is 5.92 Å². The highest BCUT2D eigenvalue weighted by Gasteiger charge is 2.08.